The first-order chi connectivity index (χ1) is 2.27. The van der Waals surface area contributed by atoms with E-state index in [0.717, 1.165) is 0 Å². The number of hydrogen-bond donors (Lipinski definition) is 1. The van der Waals surface area contributed by atoms with Crippen molar-refractivity contribution in [1.29, 1.82) is 0 Å². The van der Waals surface area contributed by atoms with E-state index in [-0.39, 0.29) is 0 Å². The molecule has 0 aliphatic rings. The van der Waals surface area contributed by atoms with E-state index >= 15 is 0 Å². The molecule has 0 aliphatic carbocycles. The van der Waals surface area contributed by atoms with E-state index in [4.69, 9.17) is 4.55 Å². The first kappa shape index (κ1) is 5.11. The van der Waals surface area contributed by atoms with E-state index in [1.54, 1.807) is 6.92 Å². The second-order valence-electron chi connectivity index (χ2n) is 0.610. The SMILES string of the molecule is CCS(=O)O. The molecule has 0 heterocycles. The second kappa shape index (κ2) is 2.35. The van der Waals surface area contributed by atoms with Gasteiger partial charge in [0.25, 0.3) is 0 Å². The molecule has 0 fully saturated rings. The maximum absolute atomic E-state index is 9.48. The van der Waals surface area contributed by atoms with Crippen LogP contribution in [0.1, 0.15) is 6.92 Å². The van der Waals surface area contributed by atoms with Gasteiger partial charge in [-0.1, -0.05) is 6.92 Å². The summed E-state index contributed by atoms with van der Waals surface area (Å²) >= 11 is -1.57. The minimum atomic E-state index is -1.57. The molecule has 0 aromatic rings. The third-order valence-corrected chi connectivity index (χ3v) is 0.741. The van der Waals surface area contributed by atoms with Crippen LogP contribution in [0.4, 0.5) is 0 Å². The molecule has 1 atom stereocenters. The van der Waals surface area contributed by atoms with Gasteiger partial charge in [-0.05, 0) is 0 Å². The van der Waals surface area contributed by atoms with Gasteiger partial charge >= 0.3 is 0 Å². The van der Waals surface area contributed by atoms with Crippen molar-refractivity contribution in [2.45, 2.75) is 6.92 Å². The molecule has 0 aliphatic heterocycles. The molecule has 0 rings (SSSR count). The van der Waals surface area contributed by atoms with Gasteiger partial charge < -0.3 is 4.55 Å². The molecule has 5 heavy (non-hydrogen) atoms. The molecule has 0 amide bonds. The Labute approximate surface area is 33.5 Å². The van der Waals surface area contributed by atoms with Crippen LogP contribution in [-0.2, 0) is 11.1 Å². The summed E-state index contributed by atoms with van der Waals surface area (Å²) in [5, 5.41) is 0. The molecule has 2 nitrogen and oxygen atoms in total. The van der Waals surface area contributed by atoms with Crippen molar-refractivity contribution in [2.75, 3.05) is 5.75 Å². The minimum Gasteiger partial charge on any atom is -0.306 e. The number of hydrogen-bond acceptors (Lipinski definition) is 1. The van der Waals surface area contributed by atoms with E-state index in [2.05, 4.69) is 0 Å². The van der Waals surface area contributed by atoms with Crippen LogP contribution in [0.3, 0.4) is 0 Å². The smallest absolute Gasteiger partial charge is 0.152 e. The zero-order valence-corrected chi connectivity index (χ0v) is 3.79. The molecule has 3 heteroatoms. The summed E-state index contributed by atoms with van der Waals surface area (Å²) < 4.78 is 17.3. The quantitative estimate of drug-likeness (QED) is 0.472. The highest BCUT2D eigenvalue weighted by Gasteiger charge is 1.76. The van der Waals surface area contributed by atoms with E-state index in [0.29, 0.717) is 5.75 Å². The maximum atomic E-state index is 9.48. The van der Waals surface area contributed by atoms with Crippen molar-refractivity contribution in [2.24, 2.45) is 0 Å². The summed E-state index contributed by atoms with van der Waals surface area (Å²) in [4.78, 5) is 0. The summed E-state index contributed by atoms with van der Waals surface area (Å²) in [7, 11) is 0. The van der Waals surface area contributed by atoms with Crippen LogP contribution in [0.25, 0.3) is 0 Å². The Morgan fingerprint density at radius 1 is 2.00 bits per heavy atom. The van der Waals surface area contributed by atoms with Crippen LogP contribution in [0.5, 0.6) is 0 Å². The average Bonchev–Trinajstić information content (AvgIpc) is 1.38. The molecule has 0 radical (unpaired) electrons. The molecule has 0 bridgehead atoms. The fraction of sp³-hybridized carbons (Fsp3) is 1.00. The molecule has 0 saturated carbocycles. The van der Waals surface area contributed by atoms with Crippen molar-refractivity contribution in [1.82, 2.24) is 0 Å². The highest BCUT2D eigenvalue weighted by atomic mass is 32.2. The first-order valence-corrected chi connectivity index (χ1v) is 2.62. The molecule has 0 aromatic carbocycles. The van der Waals surface area contributed by atoms with Gasteiger partial charge in [0.15, 0.2) is 11.1 Å². The Balaban J connectivity index is 2.85. The summed E-state index contributed by atoms with van der Waals surface area (Å²) in [5.41, 5.74) is 0. The van der Waals surface area contributed by atoms with E-state index < -0.39 is 11.1 Å². The predicted octanol–water partition coefficient (Wildman–Crippen LogP) is 0.228. The zero-order valence-electron chi connectivity index (χ0n) is 2.97. The molecule has 0 spiro atoms. The Morgan fingerprint density at radius 3 is 2.20 bits per heavy atom. The van der Waals surface area contributed by atoms with Gasteiger partial charge in [0.1, 0.15) is 0 Å². The van der Waals surface area contributed by atoms with Crippen LogP contribution < -0.4 is 0 Å². The van der Waals surface area contributed by atoms with Crippen LogP contribution in [-0.4, -0.2) is 14.5 Å². The Morgan fingerprint density at radius 2 is 2.20 bits per heavy atom. The molecule has 0 saturated heterocycles. The summed E-state index contributed by atoms with van der Waals surface area (Å²) in [6.45, 7) is 1.65. The molecule has 1 unspecified atom stereocenters. The highest BCUT2D eigenvalue weighted by molar-refractivity contribution is 7.79. The van der Waals surface area contributed by atoms with Gasteiger partial charge in [0.2, 0.25) is 0 Å². The lowest BCUT2D eigenvalue weighted by Gasteiger charge is -1.73. The van der Waals surface area contributed by atoms with Crippen LogP contribution in [0.2, 0.25) is 0 Å². The minimum absolute atomic E-state index is 0.333. The van der Waals surface area contributed by atoms with Gasteiger partial charge in [-0.15, -0.1) is 0 Å². The average molecular weight is 94.1 g/mol. The predicted molar refractivity (Wildman–Crippen MR) is 21.3 cm³/mol. The number of rotatable bonds is 1. The van der Waals surface area contributed by atoms with Crippen molar-refractivity contribution in [3.8, 4) is 0 Å². The molecular formula is C2H6O2S. The summed E-state index contributed by atoms with van der Waals surface area (Å²) in [6, 6.07) is 0. The summed E-state index contributed by atoms with van der Waals surface area (Å²) in [6.07, 6.45) is 0. The standard InChI is InChI=1S/C2H6O2S/c1-2-5(3)4/h2H2,1H3,(H,3,4). The normalized spacial score (nSPS) is 14.8. The fourth-order valence-corrected chi connectivity index (χ4v) is 0. The molecule has 0 aromatic heterocycles. The van der Waals surface area contributed by atoms with Crippen molar-refractivity contribution in [3.63, 3.8) is 0 Å². The lowest BCUT2D eigenvalue weighted by molar-refractivity contribution is 0.566. The van der Waals surface area contributed by atoms with Crippen molar-refractivity contribution >= 4 is 11.1 Å². The third-order valence-electron chi connectivity index (χ3n) is 0.247. The van der Waals surface area contributed by atoms with E-state index in [1.165, 1.54) is 0 Å². The molecular weight excluding hydrogens is 88.1 g/mol. The Hall–Kier alpha value is 0.110. The van der Waals surface area contributed by atoms with Crippen LogP contribution >= 0.6 is 0 Å². The van der Waals surface area contributed by atoms with Crippen LogP contribution in [0.15, 0.2) is 0 Å². The van der Waals surface area contributed by atoms with Gasteiger partial charge in [-0.25, -0.2) is 4.21 Å². The lowest BCUT2D eigenvalue weighted by Crippen LogP contribution is -1.85. The fourth-order valence-electron chi connectivity index (χ4n) is 0. The first-order valence-electron chi connectivity index (χ1n) is 1.35. The lowest BCUT2D eigenvalue weighted by atomic mass is 11.0. The van der Waals surface area contributed by atoms with Gasteiger partial charge in [0.05, 0.1) is 0 Å². The highest BCUT2D eigenvalue weighted by Crippen LogP contribution is 1.63. The van der Waals surface area contributed by atoms with Gasteiger partial charge in [-0.3, -0.25) is 0 Å². The summed E-state index contributed by atoms with van der Waals surface area (Å²) in [5.74, 6) is 0.333. The van der Waals surface area contributed by atoms with Crippen molar-refractivity contribution in [3.05, 3.63) is 0 Å². The largest absolute Gasteiger partial charge is 0.306 e. The maximum Gasteiger partial charge on any atom is 0.152 e. The second-order valence-corrected chi connectivity index (χ2v) is 1.83. The zero-order chi connectivity index (χ0) is 4.28. The van der Waals surface area contributed by atoms with Gasteiger partial charge in [0, 0.05) is 5.75 Å². The molecule has 1 N–H and O–H groups in total. The Bertz CT molecular complexity index is 42.9. The van der Waals surface area contributed by atoms with Gasteiger partial charge in [-0.2, -0.15) is 0 Å². The van der Waals surface area contributed by atoms with Crippen LogP contribution in [0, 0.1) is 0 Å². The monoisotopic (exact) mass is 94.0 g/mol. The Kier molecular flexibility index (Phi) is 2.41. The van der Waals surface area contributed by atoms with E-state index in [1.807, 2.05) is 0 Å². The third kappa shape index (κ3) is 4.11. The van der Waals surface area contributed by atoms with Crippen molar-refractivity contribution < 1.29 is 8.76 Å². The molecule has 32 valence electrons. The van der Waals surface area contributed by atoms with E-state index in [9.17, 15) is 4.21 Å². The topological polar surface area (TPSA) is 37.3 Å².